The fourth-order valence-corrected chi connectivity index (χ4v) is 2.98. The Hall–Kier alpha value is -0.120. The van der Waals surface area contributed by atoms with E-state index in [2.05, 4.69) is 17.6 Å². The molecule has 0 radical (unpaired) electrons. The lowest BCUT2D eigenvalue weighted by Gasteiger charge is -2.39. The van der Waals surface area contributed by atoms with Crippen LogP contribution in [-0.4, -0.2) is 38.4 Å². The van der Waals surface area contributed by atoms with E-state index in [4.69, 9.17) is 4.74 Å². The monoisotopic (exact) mass is 238 g/mol. The van der Waals surface area contributed by atoms with E-state index in [1.54, 1.807) is 0 Å². The van der Waals surface area contributed by atoms with E-state index in [0.717, 1.165) is 44.0 Å². The highest BCUT2D eigenvalue weighted by atomic mass is 16.5. The van der Waals surface area contributed by atoms with Gasteiger partial charge >= 0.3 is 0 Å². The van der Waals surface area contributed by atoms with Gasteiger partial charge in [0.25, 0.3) is 0 Å². The maximum atomic E-state index is 5.87. The second kappa shape index (κ2) is 4.87. The Kier molecular flexibility index (Phi) is 3.42. The predicted molar refractivity (Wildman–Crippen MR) is 69.0 cm³/mol. The van der Waals surface area contributed by atoms with E-state index >= 15 is 0 Å². The predicted octanol–water partition coefficient (Wildman–Crippen LogP) is 1.39. The van der Waals surface area contributed by atoms with Gasteiger partial charge in [-0.05, 0) is 56.9 Å². The summed E-state index contributed by atoms with van der Waals surface area (Å²) in [6.45, 7) is 7.33. The zero-order valence-electron chi connectivity index (χ0n) is 11.0. The van der Waals surface area contributed by atoms with Gasteiger partial charge in [0.05, 0.1) is 12.2 Å². The molecular formula is C14H26N2O. The van der Waals surface area contributed by atoms with Crippen LogP contribution in [0.25, 0.3) is 0 Å². The Balaban J connectivity index is 1.26. The second-order valence-corrected chi connectivity index (χ2v) is 6.44. The molecule has 3 rings (SSSR count). The van der Waals surface area contributed by atoms with Crippen LogP contribution in [0.15, 0.2) is 0 Å². The summed E-state index contributed by atoms with van der Waals surface area (Å²) in [5.41, 5.74) is 0.119. The maximum absolute atomic E-state index is 5.87. The molecule has 0 amide bonds. The minimum atomic E-state index is 0.119. The first-order valence-electron chi connectivity index (χ1n) is 7.32. The molecule has 0 bridgehead atoms. The Bertz CT molecular complexity index is 245. The molecule has 2 aliphatic carbocycles. The lowest BCUT2D eigenvalue weighted by molar-refractivity contribution is -0.0649. The van der Waals surface area contributed by atoms with Crippen molar-refractivity contribution in [3.05, 3.63) is 0 Å². The number of rotatable bonds is 8. The van der Waals surface area contributed by atoms with E-state index < -0.39 is 0 Å². The van der Waals surface area contributed by atoms with Gasteiger partial charge in [0, 0.05) is 19.6 Å². The largest absolute Gasteiger partial charge is 0.371 e. The molecular weight excluding hydrogens is 212 g/mol. The van der Waals surface area contributed by atoms with E-state index in [9.17, 15) is 0 Å². The molecule has 3 heteroatoms. The normalized spacial score (nSPS) is 27.2. The van der Waals surface area contributed by atoms with Crippen LogP contribution < -0.4 is 10.6 Å². The first kappa shape index (κ1) is 11.9. The standard InChI is InChI=1S/C14H26N2O/c1-14(9-16-10-14)17-7-6-15-8-13(11-2-3-11)12-4-5-12/h11-13,15-16H,2-10H2,1H3. The third-order valence-corrected chi connectivity index (χ3v) is 4.56. The van der Waals surface area contributed by atoms with Crippen LogP contribution in [0.1, 0.15) is 32.6 Å². The number of hydrogen-bond acceptors (Lipinski definition) is 3. The molecule has 0 aromatic heterocycles. The van der Waals surface area contributed by atoms with Gasteiger partial charge in [-0.2, -0.15) is 0 Å². The van der Waals surface area contributed by atoms with Crippen LogP contribution in [0, 0.1) is 17.8 Å². The fraction of sp³-hybridized carbons (Fsp3) is 1.00. The van der Waals surface area contributed by atoms with Gasteiger partial charge in [0.1, 0.15) is 0 Å². The van der Waals surface area contributed by atoms with Gasteiger partial charge in [-0.3, -0.25) is 0 Å². The molecule has 0 aromatic carbocycles. The highest BCUT2D eigenvalue weighted by molar-refractivity contribution is 4.92. The first-order valence-corrected chi connectivity index (χ1v) is 7.32. The van der Waals surface area contributed by atoms with Crippen molar-refractivity contribution in [2.75, 3.05) is 32.8 Å². The minimum absolute atomic E-state index is 0.119. The third-order valence-electron chi connectivity index (χ3n) is 4.56. The average molecular weight is 238 g/mol. The Morgan fingerprint density at radius 3 is 2.35 bits per heavy atom. The quantitative estimate of drug-likeness (QED) is 0.627. The van der Waals surface area contributed by atoms with E-state index in [0.29, 0.717) is 0 Å². The third kappa shape index (κ3) is 3.21. The van der Waals surface area contributed by atoms with Gasteiger partial charge in [-0.1, -0.05) is 0 Å². The van der Waals surface area contributed by atoms with Crippen molar-refractivity contribution in [3.63, 3.8) is 0 Å². The summed E-state index contributed by atoms with van der Waals surface area (Å²) in [5.74, 6) is 3.10. The molecule has 3 nitrogen and oxygen atoms in total. The molecule has 1 saturated heterocycles. The highest BCUT2D eigenvalue weighted by Gasteiger charge is 2.40. The number of hydrogen-bond donors (Lipinski definition) is 2. The van der Waals surface area contributed by atoms with Gasteiger partial charge in [0.2, 0.25) is 0 Å². The minimum Gasteiger partial charge on any atom is -0.371 e. The lowest BCUT2D eigenvalue weighted by atomic mass is 9.98. The average Bonchev–Trinajstić information content (AvgIpc) is 3.14. The van der Waals surface area contributed by atoms with Crippen LogP contribution in [-0.2, 0) is 4.74 Å². The van der Waals surface area contributed by atoms with Gasteiger partial charge in [-0.15, -0.1) is 0 Å². The Morgan fingerprint density at radius 2 is 1.88 bits per heavy atom. The van der Waals surface area contributed by atoms with E-state index in [1.807, 2.05) is 0 Å². The molecule has 0 atom stereocenters. The lowest BCUT2D eigenvalue weighted by Crippen LogP contribution is -2.59. The van der Waals surface area contributed by atoms with Crippen molar-refractivity contribution in [2.45, 2.75) is 38.2 Å². The smallest absolute Gasteiger partial charge is 0.0902 e. The zero-order chi connectivity index (χ0) is 11.7. The van der Waals surface area contributed by atoms with E-state index in [-0.39, 0.29) is 5.60 Å². The van der Waals surface area contributed by atoms with Crippen molar-refractivity contribution >= 4 is 0 Å². The summed E-state index contributed by atoms with van der Waals surface area (Å²) in [5, 5.41) is 6.87. The first-order chi connectivity index (χ1) is 8.27. The highest BCUT2D eigenvalue weighted by Crippen LogP contribution is 2.48. The maximum Gasteiger partial charge on any atom is 0.0902 e. The van der Waals surface area contributed by atoms with E-state index in [1.165, 1.54) is 32.2 Å². The SMILES string of the molecule is CC1(OCCNCC(C2CC2)C2CC2)CNC1. The molecule has 1 heterocycles. The zero-order valence-corrected chi connectivity index (χ0v) is 11.0. The summed E-state index contributed by atoms with van der Waals surface area (Å²) >= 11 is 0. The van der Waals surface area contributed by atoms with Crippen molar-refractivity contribution in [3.8, 4) is 0 Å². The molecule has 2 N–H and O–H groups in total. The molecule has 1 aliphatic heterocycles. The van der Waals surface area contributed by atoms with Crippen LogP contribution >= 0.6 is 0 Å². The Labute approximate surface area is 105 Å². The van der Waals surface area contributed by atoms with Crippen LogP contribution in [0.2, 0.25) is 0 Å². The molecule has 2 saturated carbocycles. The fourth-order valence-electron chi connectivity index (χ4n) is 2.98. The molecule has 3 aliphatic rings. The van der Waals surface area contributed by atoms with Crippen molar-refractivity contribution in [1.29, 1.82) is 0 Å². The summed E-state index contributed by atoms with van der Waals surface area (Å²) in [7, 11) is 0. The van der Waals surface area contributed by atoms with Crippen molar-refractivity contribution in [2.24, 2.45) is 17.8 Å². The summed E-state index contributed by atoms with van der Waals surface area (Å²) < 4.78 is 5.87. The van der Waals surface area contributed by atoms with Crippen LogP contribution in [0.5, 0.6) is 0 Å². The molecule has 0 spiro atoms. The summed E-state index contributed by atoms with van der Waals surface area (Å²) in [6, 6.07) is 0. The van der Waals surface area contributed by atoms with Gasteiger partial charge < -0.3 is 15.4 Å². The number of ether oxygens (including phenoxy) is 1. The van der Waals surface area contributed by atoms with Gasteiger partial charge in [-0.25, -0.2) is 0 Å². The number of nitrogens with one attached hydrogen (secondary N) is 2. The second-order valence-electron chi connectivity index (χ2n) is 6.44. The van der Waals surface area contributed by atoms with Crippen molar-refractivity contribution in [1.82, 2.24) is 10.6 Å². The summed E-state index contributed by atoms with van der Waals surface area (Å²) in [6.07, 6.45) is 5.96. The van der Waals surface area contributed by atoms with Gasteiger partial charge in [0.15, 0.2) is 0 Å². The van der Waals surface area contributed by atoms with Crippen molar-refractivity contribution < 1.29 is 4.74 Å². The Morgan fingerprint density at radius 1 is 1.24 bits per heavy atom. The van der Waals surface area contributed by atoms with Crippen LogP contribution in [0.4, 0.5) is 0 Å². The summed E-state index contributed by atoms with van der Waals surface area (Å²) in [4.78, 5) is 0. The topological polar surface area (TPSA) is 33.3 Å². The molecule has 3 fully saturated rings. The molecule has 98 valence electrons. The van der Waals surface area contributed by atoms with Crippen LogP contribution in [0.3, 0.4) is 0 Å². The molecule has 17 heavy (non-hydrogen) atoms. The molecule has 0 unspecified atom stereocenters. The molecule has 0 aromatic rings.